The quantitative estimate of drug-likeness (QED) is 0.613. The normalized spacial score (nSPS) is 18.0. The number of aryl methyl sites for hydroxylation is 1. The van der Waals surface area contributed by atoms with Crippen LogP contribution in [0.15, 0.2) is 36.5 Å². The molecule has 0 bridgehead atoms. The van der Waals surface area contributed by atoms with Crippen LogP contribution >= 0.6 is 0 Å². The summed E-state index contributed by atoms with van der Waals surface area (Å²) in [5.41, 5.74) is 3.12. The van der Waals surface area contributed by atoms with Crippen LogP contribution in [0.2, 0.25) is 0 Å². The highest BCUT2D eigenvalue weighted by atomic mass is 19.3. The van der Waals surface area contributed by atoms with Crippen molar-refractivity contribution < 1.29 is 13.6 Å². The van der Waals surface area contributed by atoms with Crippen molar-refractivity contribution in [3.05, 3.63) is 53.3 Å². The Morgan fingerprint density at radius 2 is 1.77 bits per heavy atom. The lowest BCUT2D eigenvalue weighted by Gasteiger charge is -2.36. The highest BCUT2D eigenvalue weighted by Gasteiger charge is 2.25. The Labute approximate surface area is 177 Å². The number of hydrogen-bond acceptors (Lipinski definition) is 3. The summed E-state index contributed by atoms with van der Waals surface area (Å²) in [7, 11) is 0. The Morgan fingerprint density at radius 3 is 2.53 bits per heavy atom. The first kappa shape index (κ1) is 21.0. The molecule has 0 radical (unpaired) electrons. The maximum absolute atomic E-state index is 13.6. The molecule has 1 saturated heterocycles. The number of carbonyl (C=O) groups excluding carboxylic acids is 1. The van der Waals surface area contributed by atoms with Crippen LogP contribution in [0.3, 0.4) is 0 Å². The van der Waals surface area contributed by atoms with E-state index in [2.05, 4.69) is 20.6 Å². The number of nitrogens with zero attached hydrogens (tertiary/aromatic N) is 3. The average molecular weight is 416 g/mol. The number of halogens is 2. The number of fused-ring (bicyclic) bond motifs is 1. The van der Waals surface area contributed by atoms with Crippen LogP contribution in [0, 0.1) is 0 Å². The van der Waals surface area contributed by atoms with Gasteiger partial charge in [-0.05, 0) is 50.4 Å². The molecule has 4 rings (SSSR count). The fourth-order valence-electron chi connectivity index (χ4n) is 4.62. The molecule has 0 saturated carbocycles. The third kappa shape index (κ3) is 4.75. The first-order valence-corrected chi connectivity index (χ1v) is 11.1. The molecule has 4 nitrogen and oxygen atoms in total. The van der Waals surface area contributed by atoms with E-state index < -0.39 is 5.92 Å². The third-order valence-electron chi connectivity index (χ3n) is 6.41. The first-order chi connectivity index (χ1) is 14.4. The molecule has 0 spiro atoms. The van der Waals surface area contributed by atoms with E-state index in [9.17, 15) is 13.6 Å². The van der Waals surface area contributed by atoms with Crippen LogP contribution in [-0.2, 0) is 18.9 Å². The zero-order valence-corrected chi connectivity index (χ0v) is 17.7. The summed E-state index contributed by atoms with van der Waals surface area (Å²) in [6, 6.07) is 8.75. The zero-order valence-electron chi connectivity index (χ0n) is 17.7. The molecule has 1 aromatic heterocycles. The molecular formula is C24H31F2N3O. The van der Waals surface area contributed by atoms with Gasteiger partial charge in [-0.25, -0.2) is 8.78 Å². The number of rotatable bonds is 7. The van der Waals surface area contributed by atoms with Crippen LogP contribution in [-0.4, -0.2) is 48.0 Å². The van der Waals surface area contributed by atoms with E-state index in [-0.39, 0.29) is 5.56 Å². The summed E-state index contributed by atoms with van der Waals surface area (Å²) < 4.78 is 29.5. The second kappa shape index (κ2) is 8.88. The summed E-state index contributed by atoms with van der Waals surface area (Å²) in [5, 5.41) is 0. The zero-order chi connectivity index (χ0) is 21.1. The highest BCUT2D eigenvalue weighted by Crippen LogP contribution is 2.30. The maximum Gasteiger partial charge on any atom is 0.270 e. The molecule has 0 N–H and O–H groups in total. The van der Waals surface area contributed by atoms with Crippen LogP contribution in [0.25, 0.3) is 0 Å². The summed E-state index contributed by atoms with van der Waals surface area (Å²) in [6.07, 6.45) is 6.97. The van der Waals surface area contributed by atoms with Gasteiger partial charge < -0.3 is 9.47 Å². The topological polar surface area (TPSA) is 28.5 Å². The van der Waals surface area contributed by atoms with Crippen molar-refractivity contribution in [2.75, 3.05) is 37.6 Å². The SMILES string of the molecule is CC(F)(F)c1cccc(N2CCN(CCCCn3ccc4c3CCCC4=O)CC2)c1. The van der Waals surface area contributed by atoms with Crippen LogP contribution in [0.4, 0.5) is 14.5 Å². The first-order valence-electron chi connectivity index (χ1n) is 11.1. The molecule has 2 aliphatic rings. The van der Waals surface area contributed by atoms with Gasteiger partial charge in [0.1, 0.15) is 0 Å². The maximum atomic E-state index is 13.6. The molecular weight excluding hydrogens is 384 g/mol. The molecule has 1 fully saturated rings. The molecule has 0 atom stereocenters. The molecule has 6 heteroatoms. The fourth-order valence-corrected chi connectivity index (χ4v) is 4.62. The Morgan fingerprint density at radius 1 is 1.00 bits per heavy atom. The second-order valence-electron chi connectivity index (χ2n) is 8.62. The summed E-state index contributed by atoms with van der Waals surface area (Å²) in [6.45, 7) is 6.63. The standard InChI is InChI=1S/C24H31F2N3O/c1-24(25,26)19-6-4-7-20(18-19)28-16-14-27(15-17-28)11-2-3-12-29-13-10-21-22(29)8-5-9-23(21)30/h4,6-7,10,13,18H,2-3,5,8-9,11-12,14-17H2,1H3. The van der Waals surface area contributed by atoms with Gasteiger partial charge in [-0.2, -0.15) is 0 Å². The van der Waals surface area contributed by atoms with E-state index in [0.717, 1.165) is 83.1 Å². The number of hydrogen-bond donors (Lipinski definition) is 0. The molecule has 162 valence electrons. The summed E-state index contributed by atoms with van der Waals surface area (Å²) >= 11 is 0. The third-order valence-corrected chi connectivity index (χ3v) is 6.41. The van der Waals surface area contributed by atoms with Gasteiger partial charge in [-0.15, -0.1) is 0 Å². The Hall–Kier alpha value is -2.21. The molecule has 1 aliphatic heterocycles. The summed E-state index contributed by atoms with van der Waals surface area (Å²) in [5.74, 6) is -2.51. The van der Waals surface area contributed by atoms with Crippen molar-refractivity contribution in [1.82, 2.24) is 9.47 Å². The minimum absolute atomic E-state index is 0.0799. The van der Waals surface area contributed by atoms with Gasteiger partial charge in [0.15, 0.2) is 5.78 Å². The van der Waals surface area contributed by atoms with Gasteiger partial charge in [-0.3, -0.25) is 9.69 Å². The van der Waals surface area contributed by atoms with Gasteiger partial charge in [0.2, 0.25) is 0 Å². The smallest absolute Gasteiger partial charge is 0.270 e. The number of Topliss-reactive ketones (excluding diaryl/α,β-unsaturated/α-hetero) is 1. The monoisotopic (exact) mass is 415 g/mol. The fraction of sp³-hybridized carbons (Fsp3) is 0.542. The van der Waals surface area contributed by atoms with Crippen molar-refractivity contribution in [2.24, 2.45) is 0 Å². The van der Waals surface area contributed by atoms with Crippen molar-refractivity contribution >= 4 is 11.5 Å². The van der Waals surface area contributed by atoms with E-state index in [1.165, 1.54) is 11.8 Å². The van der Waals surface area contributed by atoms with Crippen molar-refractivity contribution in [1.29, 1.82) is 0 Å². The van der Waals surface area contributed by atoms with E-state index in [1.807, 2.05) is 12.1 Å². The highest BCUT2D eigenvalue weighted by molar-refractivity contribution is 5.98. The van der Waals surface area contributed by atoms with Crippen LogP contribution < -0.4 is 4.90 Å². The molecule has 1 aromatic carbocycles. The Bertz CT molecular complexity index is 879. The number of carbonyl (C=O) groups is 1. The summed E-state index contributed by atoms with van der Waals surface area (Å²) in [4.78, 5) is 16.6. The predicted molar refractivity (Wildman–Crippen MR) is 116 cm³/mol. The number of ketones is 1. The number of piperazine rings is 1. The van der Waals surface area contributed by atoms with Crippen LogP contribution in [0.5, 0.6) is 0 Å². The van der Waals surface area contributed by atoms with Crippen molar-refractivity contribution in [3.8, 4) is 0 Å². The van der Waals surface area contributed by atoms with Gasteiger partial charge in [0, 0.05) is 74.8 Å². The lowest BCUT2D eigenvalue weighted by atomic mass is 9.97. The van der Waals surface area contributed by atoms with E-state index >= 15 is 0 Å². The number of aromatic nitrogens is 1. The van der Waals surface area contributed by atoms with Crippen LogP contribution in [0.1, 0.15) is 54.2 Å². The Balaban J connectivity index is 1.21. The van der Waals surface area contributed by atoms with Crippen molar-refractivity contribution in [2.45, 2.75) is 51.5 Å². The van der Waals surface area contributed by atoms with Gasteiger partial charge in [0.05, 0.1) is 0 Å². The van der Waals surface area contributed by atoms with Gasteiger partial charge in [0.25, 0.3) is 5.92 Å². The lowest BCUT2D eigenvalue weighted by Crippen LogP contribution is -2.46. The Kier molecular flexibility index (Phi) is 6.23. The average Bonchev–Trinajstić information content (AvgIpc) is 3.16. The molecule has 2 heterocycles. The largest absolute Gasteiger partial charge is 0.369 e. The number of unbranched alkanes of at least 4 members (excludes halogenated alkanes) is 1. The van der Waals surface area contributed by atoms with E-state index in [0.29, 0.717) is 12.2 Å². The number of anilines is 1. The van der Waals surface area contributed by atoms with E-state index in [1.54, 1.807) is 12.1 Å². The minimum Gasteiger partial charge on any atom is -0.369 e. The molecule has 0 amide bonds. The van der Waals surface area contributed by atoms with E-state index in [4.69, 9.17) is 0 Å². The predicted octanol–water partition coefficient (Wildman–Crippen LogP) is 4.72. The minimum atomic E-state index is -2.80. The lowest BCUT2D eigenvalue weighted by molar-refractivity contribution is 0.0175. The molecule has 0 unspecified atom stereocenters. The molecule has 30 heavy (non-hydrogen) atoms. The molecule has 2 aromatic rings. The molecule has 1 aliphatic carbocycles. The number of alkyl halides is 2. The second-order valence-corrected chi connectivity index (χ2v) is 8.62. The number of benzene rings is 1. The van der Waals surface area contributed by atoms with Crippen molar-refractivity contribution in [3.63, 3.8) is 0 Å². The van der Waals surface area contributed by atoms with Gasteiger partial charge in [-0.1, -0.05) is 12.1 Å². The van der Waals surface area contributed by atoms with Gasteiger partial charge >= 0.3 is 0 Å².